The Balaban J connectivity index is 1.78. The SMILES string of the molecule is CCC(CC)[C@@H]1[C@@H]2CN(C)C[C@H]2CN1Cc1ccccc1. The van der Waals surface area contributed by atoms with Crippen LogP contribution < -0.4 is 0 Å². The van der Waals surface area contributed by atoms with Gasteiger partial charge in [-0.15, -0.1) is 0 Å². The Morgan fingerprint density at radius 2 is 1.76 bits per heavy atom. The summed E-state index contributed by atoms with van der Waals surface area (Å²) in [6, 6.07) is 11.8. The average Bonchev–Trinajstić information content (AvgIpc) is 2.99. The van der Waals surface area contributed by atoms with Crippen LogP contribution in [0.2, 0.25) is 0 Å². The molecule has 0 unspecified atom stereocenters. The molecular weight excluding hydrogens is 256 g/mol. The summed E-state index contributed by atoms with van der Waals surface area (Å²) < 4.78 is 0. The molecule has 116 valence electrons. The minimum Gasteiger partial charge on any atom is -0.306 e. The summed E-state index contributed by atoms with van der Waals surface area (Å²) in [6.07, 6.45) is 2.64. The Morgan fingerprint density at radius 3 is 2.43 bits per heavy atom. The van der Waals surface area contributed by atoms with Gasteiger partial charge < -0.3 is 4.90 Å². The third-order valence-corrected chi connectivity index (χ3v) is 5.76. The van der Waals surface area contributed by atoms with Crippen molar-refractivity contribution in [3.63, 3.8) is 0 Å². The Hall–Kier alpha value is -0.860. The lowest BCUT2D eigenvalue weighted by Gasteiger charge is -2.34. The van der Waals surface area contributed by atoms with E-state index in [1.165, 1.54) is 38.0 Å². The van der Waals surface area contributed by atoms with E-state index in [2.05, 4.69) is 61.0 Å². The molecule has 0 aliphatic carbocycles. The van der Waals surface area contributed by atoms with Gasteiger partial charge in [-0.25, -0.2) is 0 Å². The Morgan fingerprint density at radius 1 is 1.05 bits per heavy atom. The van der Waals surface area contributed by atoms with Crippen LogP contribution in [0, 0.1) is 17.8 Å². The number of hydrogen-bond donors (Lipinski definition) is 0. The molecule has 0 radical (unpaired) electrons. The van der Waals surface area contributed by atoms with Crippen molar-refractivity contribution in [2.24, 2.45) is 17.8 Å². The van der Waals surface area contributed by atoms with Crippen molar-refractivity contribution in [1.82, 2.24) is 9.80 Å². The van der Waals surface area contributed by atoms with E-state index in [4.69, 9.17) is 0 Å². The molecule has 0 spiro atoms. The van der Waals surface area contributed by atoms with Gasteiger partial charge in [-0.3, -0.25) is 4.90 Å². The number of nitrogens with zero attached hydrogens (tertiary/aromatic N) is 2. The molecule has 2 heterocycles. The quantitative estimate of drug-likeness (QED) is 0.817. The first-order chi connectivity index (χ1) is 10.2. The van der Waals surface area contributed by atoms with E-state index in [0.29, 0.717) is 0 Å². The topological polar surface area (TPSA) is 6.48 Å². The minimum absolute atomic E-state index is 0.787. The molecule has 2 fully saturated rings. The molecule has 0 amide bonds. The van der Waals surface area contributed by atoms with E-state index in [1.54, 1.807) is 0 Å². The van der Waals surface area contributed by atoms with Gasteiger partial charge in [-0.2, -0.15) is 0 Å². The van der Waals surface area contributed by atoms with Crippen LogP contribution in [0.4, 0.5) is 0 Å². The lowest BCUT2D eigenvalue weighted by atomic mass is 9.83. The summed E-state index contributed by atoms with van der Waals surface area (Å²) in [7, 11) is 2.30. The number of fused-ring (bicyclic) bond motifs is 1. The summed E-state index contributed by atoms with van der Waals surface area (Å²) in [5, 5.41) is 0. The van der Waals surface area contributed by atoms with Gasteiger partial charge in [-0.05, 0) is 30.4 Å². The number of hydrogen-bond acceptors (Lipinski definition) is 2. The van der Waals surface area contributed by atoms with Gasteiger partial charge >= 0.3 is 0 Å². The first-order valence-corrected chi connectivity index (χ1v) is 8.69. The zero-order valence-corrected chi connectivity index (χ0v) is 13.8. The molecule has 1 aromatic rings. The lowest BCUT2D eigenvalue weighted by Crippen LogP contribution is -2.40. The highest BCUT2D eigenvalue weighted by Crippen LogP contribution is 2.41. The van der Waals surface area contributed by atoms with Gasteiger partial charge in [-0.1, -0.05) is 57.0 Å². The van der Waals surface area contributed by atoms with Crippen molar-refractivity contribution in [2.75, 3.05) is 26.7 Å². The highest BCUT2D eigenvalue weighted by molar-refractivity contribution is 5.15. The zero-order chi connectivity index (χ0) is 14.8. The van der Waals surface area contributed by atoms with Gasteiger partial charge in [0.15, 0.2) is 0 Å². The summed E-state index contributed by atoms with van der Waals surface area (Å²) in [5.41, 5.74) is 1.47. The van der Waals surface area contributed by atoms with Crippen molar-refractivity contribution in [3.05, 3.63) is 35.9 Å². The minimum atomic E-state index is 0.787. The van der Waals surface area contributed by atoms with Crippen LogP contribution in [0.3, 0.4) is 0 Å². The molecule has 0 N–H and O–H groups in total. The first-order valence-electron chi connectivity index (χ1n) is 8.69. The van der Waals surface area contributed by atoms with Gasteiger partial charge in [0.1, 0.15) is 0 Å². The van der Waals surface area contributed by atoms with Crippen molar-refractivity contribution in [1.29, 1.82) is 0 Å². The standard InChI is InChI=1S/C19H30N2/c1-4-16(5-2)19-18-14-20(3)12-17(18)13-21(19)11-15-9-7-6-8-10-15/h6-10,16-19H,4-5,11-14H2,1-3H3/t17-,18+,19+/m0/s1. The first kappa shape index (κ1) is 15.1. The second-order valence-corrected chi connectivity index (χ2v) is 7.13. The Kier molecular flexibility index (Phi) is 4.66. The second kappa shape index (κ2) is 6.50. The van der Waals surface area contributed by atoms with Gasteiger partial charge in [0.2, 0.25) is 0 Å². The monoisotopic (exact) mass is 286 g/mol. The van der Waals surface area contributed by atoms with E-state index in [-0.39, 0.29) is 0 Å². The van der Waals surface area contributed by atoms with Crippen molar-refractivity contribution in [3.8, 4) is 0 Å². The molecule has 2 saturated heterocycles. The maximum absolute atomic E-state index is 2.80. The average molecular weight is 286 g/mol. The molecule has 1 aromatic carbocycles. The molecule has 0 bridgehead atoms. The predicted molar refractivity (Wildman–Crippen MR) is 89.2 cm³/mol. The van der Waals surface area contributed by atoms with Crippen LogP contribution in [-0.2, 0) is 6.54 Å². The molecule has 2 aliphatic heterocycles. The third kappa shape index (κ3) is 3.02. The lowest BCUT2D eigenvalue weighted by molar-refractivity contribution is 0.134. The fraction of sp³-hybridized carbons (Fsp3) is 0.684. The molecular formula is C19H30N2. The summed E-state index contributed by atoms with van der Waals surface area (Å²) in [4.78, 5) is 5.35. The number of benzene rings is 1. The van der Waals surface area contributed by atoms with Crippen LogP contribution in [0.15, 0.2) is 30.3 Å². The second-order valence-electron chi connectivity index (χ2n) is 7.13. The third-order valence-electron chi connectivity index (χ3n) is 5.76. The van der Waals surface area contributed by atoms with E-state index < -0.39 is 0 Å². The smallest absolute Gasteiger partial charge is 0.0237 e. The summed E-state index contributed by atoms with van der Waals surface area (Å²) in [6.45, 7) is 9.79. The normalized spacial score (nSPS) is 30.2. The number of likely N-dealkylation sites (tertiary alicyclic amines) is 2. The van der Waals surface area contributed by atoms with E-state index in [0.717, 1.165) is 30.3 Å². The number of rotatable bonds is 5. The highest BCUT2D eigenvalue weighted by atomic mass is 15.2. The molecule has 0 saturated carbocycles. The van der Waals surface area contributed by atoms with Crippen molar-refractivity contribution < 1.29 is 0 Å². The molecule has 2 heteroatoms. The molecule has 0 aromatic heterocycles. The summed E-state index contributed by atoms with van der Waals surface area (Å²) in [5.74, 6) is 2.64. The van der Waals surface area contributed by atoms with Crippen molar-refractivity contribution >= 4 is 0 Å². The highest BCUT2D eigenvalue weighted by Gasteiger charge is 2.47. The molecule has 2 aliphatic rings. The molecule has 2 nitrogen and oxygen atoms in total. The Bertz CT molecular complexity index is 440. The van der Waals surface area contributed by atoms with Crippen LogP contribution in [-0.4, -0.2) is 42.5 Å². The van der Waals surface area contributed by atoms with Gasteiger partial charge in [0.05, 0.1) is 0 Å². The van der Waals surface area contributed by atoms with Crippen LogP contribution in [0.5, 0.6) is 0 Å². The molecule has 21 heavy (non-hydrogen) atoms. The van der Waals surface area contributed by atoms with Gasteiger partial charge in [0.25, 0.3) is 0 Å². The van der Waals surface area contributed by atoms with Crippen LogP contribution >= 0.6 is 0 Å². The summed E-state index contributed by atoms with van der Waals surface area (Å²) >= 11 is 0. The molecule has 3 rings (SSSR count). The maximum atomic E-state index is 2.80. The zero-order valence-electron chi connectivity index (χ0n) is 13.8. The largest absolute Gasteiger partial charge is 0.306 e. The van der Waals surface area contributed by atoms with Crippen LogP contribution in [0.25, 0.3) is 0 Å². The molecule has 3 atom stereocenters. The van der Waals surface area contributed by atoms with E-state index >= 15 is 0 Å². The van der Waals surface area contributed by atoms with E-state index in [9.17, 15) is 0 Å². The fourth-order valence-electron chi connectivity index (χ4n) is 4.80. The van der Waals surface area contributed by atoms with Gasteiger partial charge in [0, 0.05) is 32.2 Å². The van der Waals surface area contributed by atoms with Crippen LogP contribution in [0.1, 0.15) is 32.3 Å². The predicted octanol–water partition coefficient (Wildman–Crippen LogP) is 3.48. The maximum Gasteiger partial charge on any atom is 0.0237 e. The fourth-order valence-corrected chi connectivity index (χ4v) is 4.80. The van der Waals surface area contributed by atoms with Crippen molar-refractivity contribution in [2.45, 2.75) is 39.3 Å². The Labute approximate surface area is 130 Å². The van der Waals surface area contributed by atoms with E-state index in [1.807, 2.05) is 0 Å².